The third kappa shape index (κ3) is 7.54. The Morgan fingerprint density at radius 2 is 1.89 bits per heavy atom. The lowest BCUT2D eigenvalue weighted by molar-refractivity contribution is 0.381. The number of rotatable bonds is 2. The number of allylic oxidation sites excluding steroid dienone is 1. The van der Waals surface area contributed by atoms with Gasteiger partial charge in [-0.2, -0.15) is 0 Å². The van der Waals surface area contributed by atoms with Gasteiger partial charge in [0.2, 0.25) is 0 Å². The van der Waals surface area contributed by atoms with Crippen molar-refractivity contribution >= 4 is 0 Å². The summed E-state index contributed by atoms with van der Waals surface area (Å²) in [6.07, 6.45) is 5.93. The molecule has 0 saturated heterocycles. The van der Waals surface area contributed by atoms with E-state index < -0.39 is 0 Å². The predicted octanol–water partition coefficient (Wildman–Crippen LogP) is 2.29. The zero-order chi connectivity index (χ0) is 7.33. The van der Waals surface area contributed by atoms with Gasteiger partial charge in [-0.05, 0) is 24.5 Å². The first kappa shape index (κ1) is 8.54. The Morgan fingerprint density at radius 3 is 2.22 bits per heavy atom. The molecule has 0 saturated carbocycles. The van der Waals surface area contributed by atoms with Crippen molar-refractivity contribution in [3.63, 3.8) is 0 Å². The van der Waals surface area contributed by atoms with Crippen LogP contribution in [0.2, 0.25) is 0 Å². The second-order valence-electron chi connectivity index (χ2n) is 3.53. The van der Waals surface area contributed by atoms with Crippen LogP contribution in [0.4, 0.5) is 0 Å². The maximum absolute atomic E-state index is 5.18. The molecule has 0 aliphatic heterocycles. The maximum Gasteiger partial charge on any atom is -0.0103 e. The Balaban J connectivity index is 3.28. The normalized spacial score (nSPS) is 12.8. The SMILES string of the molecule is CC(C)(C)CC/C=C/N. The molecule has 0 radical (unpaired) electrons. The number of hydrogen-bond acceptors (Lipinski definition) is 1. The average molecular weight is 127 g/mol. The molecule has 0 aromatic heterocycles. The van der Waals surface area contributed by atoms with Crippen molar-refractivity contribution in [2.75, 3.05) is 0 Å². The third-order valence-corrected chi connectivity index (χ3v) is 1.20. The van der Waals surface area contributed by atoms with Crippen LogP contribution >= 0.6 is 0 Å². The standard InChI is InChI=1S/C8H17N/c1-8(2,3)6-4-5-7-9/h5,7H,4,6,9H2,1-3H3/b7-5+. The molecule has 0 rings (SSSR count). The third-order valence-electron chi connectivity index (χ3n) is 1.20. The summed E-state index contributed by atoms with van der Waals surface area (Å²) in [5.41, 5.74) is 5.62. The van der Waals surface area contributed by atoms with Gasteiger partial charge in [0.1, 0.15) is 0 Å². The van der Waals surface area contributed by atoms with Gasteiger partial charge in [0.15, 0.2) is 0 Å². The second kappa shape index (κ2) is 3.54. The maximum atomic E-state index is 5.18. The summed E-state index contributed by atoms with van der Waals surface area (Å²) in [5.74, 6) is 0. The molecular weight excluding hydrogens is 110 g/mol. The van der Waals surface area contributed by atoms with Crippen LogP contribution in [-0.2, 0) is 0 Å². The first-order valence-electron chi connectivity index (χ1n) is 3.43. The molecular formula is C8H17N. The molecule has 0 fully saturated rings. The Morgan fingerprint density at radius 1 is 1.33 bits per heavy atom. The number of nitrogens with two attached hydrogens (primary N) is 1. The molecule has 0 aliphatic carbocycles. The summed E-state index contributed by atoms with van der Waals surface area (Å²) in [5, 5.41) is 0. The quantitative estimate of drug-likeness (QED) is 0.605. The minimum absolute atomic E-state index is 0.444. The molecule has 54 valence electrons. The summed E-state index contributed by atoms with van der Waals surface area (Å²) in [7, 11) is 0. The van der Waals surface area contributed by atoms with Crippen LogP contribution in [-0.4, -0.2) is 0 Å². The minimum atomic E-state index is 0.444. The monoisotopic (exact) mass is 127 g/mol. The van der Waals surface area contributed by atoms with Gasteiger partial charge >= 0.3 is 0 Å². The van der Waals surface area contributed by atoms with Crippen LogP contribution in [0.5, 0.6) is 0 Å². The first-order chi connectivity index (χ1) is 4.06. The van der Waals surface area contributed by atoms with Crippen molar-refractivity contribution in [2.45, 2.75) is 33.6 Å². The van der Waals surface area contributed by atoms with Gasteiger partial charge in [0.05, 0.1) is 0 Å². The highest BCUT2D eigenvalue weighted by atomic mass is 14.5. The molecule has 0 aromatic rings. The van der Waals surface area contributed by atoms with Crippen molar-refractivity contribution in [3.8, 4) is 0 Å². The largest absolute Gasteiger partial charge is 0.405 e. The van der Waals surface area contributed by atoms with Gasteiger partial charge in [-0.3, -0.25) is 0 Å². The molecule has 0 atom stereocenters. The van der Waals surface area contributed by atoms with E-state index in [1.54, 1.807) is 6.20 Å². The molecule has 0 bridgehead atoms. The van der Waals surface area contributed by atoms with E-state index in [1.807, 2.05) is 6.08 Å². The van der Waals surface area contributed by atoms with Gasteiger partial charge in [0.25, 0.3) is 0 Å². The highest BCUT2D eigenvalue weighted by molar-refractivity contribution is 4.77. The lowest BCUT2D eigenvalue weighted by atomic mass is 9.91. The molecule has 9 heavy (non-hydrogen) atoms. The van der Waals surface area contributed by atoms with E-state index in [1.165, 1.54) is 6.42 Å². The van der Waals surface area contributed by atoms with E-state index in [2.05, 4.69) is 20.8 Å². The second-order valence-corrected chi connectivity index (χ2v) is 3.53. The van der Waals surface area contributed by atoms with Crippen LogP contribution in [0.1, 0.15) is 33.6 Å². The van der Waals surface area contributed by atoms with E-state index in [-0.39, 0.29) is 0 Å². The van der Waals surface area contributed by atoms with Crippen LogP contribution in [0.15, 0.2) is 12.3 Å². The van der Waals surface area contributed by atoms with E-state index in [4.69, 9.17) is 5.73 Å². The lowest BCUT2D eigenvalue weighted by Crippen LogP contribution is -2.03. The zero-order valence-electron chi connectivity index (χ0n) is 6.65. The molecule has 0 unspecified atom stereocenters. The predicted molar refractivity (Wildman–Crippen MR) is 42.0 cm³/mol. The van der Waals surface area contributed by atoms with Gasteiger partial charge < -0.3 is 5.73 Å². The molecule has 0 amide bonds. The van der Waals surface area contributed by atoms with E-state index >= 15 is 0 Å². The smallest absolute Gasteiger partial charge is 0.0103 e. The zero-order valence-corrected chi connectivity index (χ0v) is 6.65. The van der Waals surface area contributed by atoms with E-state index in [9.17, 15) is 0 Å². The van der Waals surface area contributed by atoms with Crippen molar-refractivity contribution in [1.82, 2.24) is 0 Å². The Hall–Kier alpha value is -0.460. The van der Waals surface area contributed by atoms with Crippen LogP contribution in [0, 0.1) is 5.41 Å². The highest BCUT2D eigenvalue weighted by Crippen LogP contribution is 2.20. The molecule has 1 nitrogen and oxygen atoms in total. The van der Waals surface area contributed by atoms with Crippen LogP contribution < -0.4 is 5.73 Å². The van der Waals surface area contributed by atoms with Gasteiger partial charge in [-0.25, -0.2) is 0 Å². The van der Waals surface area contributed by atoms with Gasteiger partial charge in [-0.1, -0.05) is 26.8 Å². The van der Waals surface area contributed by atoms with E-state index in [0.29, 0.717) is 5.41 Å². The van der Waals surface area contributed by atoms with Crippen LogP contribution in [0.3, 0.4) is 0 Å². The topological polar surface area (TPSA) is 26.0 Å². The van der Waals surface area contributed by atoms with Gasteiger partial charge in [0, 0.05) is 0 Å². The molecule has 0 heterocycles. The van der Waals surface area contributed by atoms with E-state index in [0.717, 1.165) is 6.42 Å². The minimum Gasteiger partial charge on any atom is -0.405 e. The first-order valence-corrected chi connectivity index (χ1v) is 3.43. The van der Waals surface area contributed by atoms with Crippen LogP contribution in [0.25, 0.3) is 0 Å². The Kier molecular flexibility index (Phi) is 3.36. The Labute approximate surface area is 57.9 Å². The summed E-state index contributed by atoms with van der Waals surface area (Å²) in [4.78, 5) is 0. The van der Waals surface area contributed by atoms with Crippen molar-refractivity contribution < 1.29 is 0 Å². The number of hydrogen-bond donors (Lipinski definition) is 1. The summed E-state index contributed by atoms with van der Waals surface area (Å²) < 4.78 is 0. The van der Waals surface area contributed by atoms with Crippen molar-refractivity contribution in [2.24, 2.45) is 11.1 Å². The van der Waals surface area contributed by atoms with Crippen molar-refractivity contribution in [3.05, 3.63) is 12.3 Å². The molecule has 1 heteroatoms. The molecule has 0 aliphatic rings. The highest BCUT2D eigenvalue weighted by Gasteiger charge is 2.06. The fourth-order valence-corrected chi connectivity index (χ4v) is 0.613. The molecule has 0 spiro atoms. The Bertz CT molecular complexity index is 87.2. The summed E-state index contributed by atoms with van der Waals surface area (Å²) >= 11 is 0. The molecule has 0 aromatic carbocycles. The summed E-state index contributed by atoms with van der Waals surface area (Å²) in [6, 6.07) is 0. The molecule has 2 N–H and O–H groups in total. The average Bonchev–Trinajstić information content (AvgIpc) is 1.63. The summed E-state index contributed by atoms with van der Waals surface area (Å²) in [6.45, 7) is 6.70. The fourth-order valence-electron chi connectivity index (χ4n) is 0.613. The van der Waals surface area contributed by atoms with Gasteiger partial charge in [-0.15, -0.1) is 0 Å². The van der Waals surface area contributed by atoms with Crippen molar-refractivity contribution in [1.29, 1.82) is 0 Å². The lowest BCUT2D eigenvalue weighted by Gasteiger charge is -2.15. The fraction of sp³-hybridized carbons (Fsp3) is 0.750.